The summed E-state index contributed by atoms with van der Waals surface area (Å²) in [6.45, 7) is 5.41. The number of nitriles is 1. The van der Waals surface area contributed by atoms with Crippen molar-refractivity contribution in [2.75, 3.05) is 6.61 Å². The number of nitrogens with one attached hydrogen (secondary N) is 1. The van der Waals surface area contributed by atoms with Gasteiger partial charge >= 0.3 is 13.5 Å². The molecular weight excluding hydrogens is 440 g/mol. The summed E-state index contributed by atoms with van der Waals surface area (Å²) < 4.78 is 51.8. The predicted octanol–water partition coefficient (Wildman–Crippen LogP) is 3.02. The molecule has 0 aromatic heterocycles. The van der Waals surface area contributed by atoms with Crippen molar-refractivity contribution in [3.8, 4) is 17.6 Å². The van der Waals surface area contributed by atoms with Gasteiger partial charge in [-0.15, -0.1) is 13.2 Å². The SMILES string of the molecule is CC(C)c1c(OCC(C)(C#N)NC(=O)c2ccc(OC(F)(F)F)cc2)ccc2c1B(O)OC2. The van der Waals surface area contributed by atoms with Gasteiger partial charge in [0, 0.05) is 5.56 Å². The first-order valence-electron chi connectivity index (χ1n) is 10.1. The number of hydrogen-bond donors (Lipinski definition) is 2. The van der Waals surface area contributed by atoms with E-state index in [0.29, 0.717) is 11.2 Å². The van der Waals surface area contributed by atoms with Gasteiger partial charge in [0.2, 0.25) is 0 Å². The van der Waals surface area contributed by atoms with Crippen LogP contribution in [0.1, 0.15) is 48.2 Å². The van der Waals surface area contributed by atoms with Crippen LogP contribution in [0, 0.1) is 11.3 Å². The fourth-order valence-electron chi connectivity index (χ4n) is 3.50. The number of alkyl halides is 3. The highest BCUT2D eigenvalue weighted by Gasteiger charge is 2.34. The zero-order valence-corrected chi connectivity index (χ0v) is 18.2. The largest absolute Gasteiger partial charge is 0.573 e. The molecule has 0 saturated carbocycles. The summed E-state index contributed by atoms with van der Waals surface area (Å²) in [7, 11) is -1.06. The molecule has 2 aromatic carbocycles. The molecule has 1 amide bonds. The first kappa shape index (κ1) is 24.4. The second-order valence-electron chi connectivity index (χ2n) is 8.13. The van der Waals surface area contributed by atoms with Gasteiger partial charge < -0.3 is 24.5 Å². The van der Waals surface area contributed by atoms with Crippen molar-refractivity contribution in [1.29, 1.82) is 5.26 Å². The Balaban J connectivity index is 1.73. The molecule has 3 rings (SSSR count). The molecule has 0 spiro atoms. The molecule has 11 heteroatoms. The Kier molecular flexibility index (Phi) is 6.90. The summed E-state index contributed by atoms with van der Waals surface area (Å²) >= 11 is 0. The summed E-state index contributed by atoms with van der Waals surface area (Å²) in [4.78, 5) is 12.6. The topological polar surface area (TPSA) is 101 Å². The Morgan fingerprint density at radius 1 is 1.27 bits per heavy atom. The molecule has 2 N–H and O–H groups in total. The Morgan fingerprint density at radius 3 is 2.52 bits per heavy atom. The summed E-state index contributed by atoms with van der Waals surface area (Å²) in [5.41, 5.74) is 0.857. The van der Waals surface area contributed by atoms with Gasteiger partial charge in [-0.1, -0.05) is 19.9 Å². The molecule has 1 aliphatic rings. The molecule has 0 saturated heterocycles. The van der Waals surface area contributed by atoms with E-state index in [-0.39, 0.29) is 24.7 Å². The minimum absolute atomic E-state index is 0.00772. The molecule has 0 fully saturated rings. The van der Waals surface area contributed by atoms with Crippen LogP contribution in [0.3, 0.4) is 0 Å². The smallest absolute Gasteiger partial charge is 0.490 e. The van der Waals surface area contributed by atoms with E-state index in [9.17, 15) is 28.3 Å². The van der Waals surface area contributed by atoms with Crippen LogP contribution in [0.25, 0.3) is 0 Å². The van der Waals surface area contributed by atoms with Crippen LogP contribution < -0.4 is 20.3 Å². The first-order valence-corrected chi connectivity index (χ1v) is 10.1. The van der Waals surface area contributed by atoms with Crippen molar-refractivity contribution in [2.24, 2.45) is 0 Å². The van der Waals surface area contributed by atoms with Crippen molar-refractivity contribution in [3.05, 3.63) is 53.1 Å². The maximum atomic E-state index is 12.6. The lowest BCUT2D eigenvalue weighted by molar-refractivity contribution is -0.274. The van der Waals surface area contributed by atoms with E-state index in [2.05, 4.69) is 10.1 Å². The number of halogens is 3. The van der Waals surface area contributed by atoms with E-state index in [4.69, 9.17) is 9.39 Å². The maximum Gasteiger partial charge on any atom is 0.573 e. The highest BCUT2D eigenvalue weighted by molar-refractivity contribution is 6.62. The number of amides is 1. The third kappa shape index (κ3) is 5.77. The Bertz CT molecular complexity index is 1070. The normalized spacial score (nSPS) is 14.9. The van der Waals surface area contributed by atoms with Gasteiger partial charge in [0.25, 0.3) is 5.91 Å². The van der Waals surface area contributed by atoms with Gasteiger partial charge in [-0.3, -0.25) is 4.79 Å². The van der Waals surface area contributed by atoms with Crippen LogP contribution in [-0.4, -0.2) is 36.6 Å². The molecule has 1 unspecified atom stereocenters. The van der Waals surface area contributed by atoms with Crippen molar-refractivity contribution in [3.63, 3.8) is 0 Å². The van der Waals surface area contributed by atoms with E-state index >= 15 is 0 Å². The molecular formula is C22H22BF3N2O5. The number of nitrogens with zero attached hydrogens (tertiary/aromatic N) is 1. The average Bonchev–Trinajstić information content (AvgIpc) is 3.12. The minimum atomic E-state index is -4.84. The lowest BCUT2D eigenvalue weighted by atomic mass is 9.73. The van der Waals surface area contributed by atoms with Crippen LogP contribution in [0.15, 0.2) is 36.4 Å². The average molecular weight is 462 g/mol. The number of hydrogen-bond acceptors (Lipinski definition) is 6. The number of benzene rings is 2. The maximum absolute atomic E-state index is 12.6. The minimum Gasteiger partial charge on any atom is -0.490 e. The molecule has 7 nitrogen and oxygen atoms in total. The fourth-order valence-corrected chi connectivity index (χ4v) is 3.50. The molecule has 33 heavy (non-hydrogen) atoms. The Morgan fingerprint density at radius 2 is 1.94 bits per heavy atom. The molecule has 0 aliphatic carbocycles. The third-order valence-corrected chi connectivity index (χ3v) is 5.06. The van der Waals surface area contributed by atoms with E-state index in [1.165, 1.54) is 6.92 Å². The highest BCUT2D eigenvalue weighted by Crippen LogP contribution is 2.30. The molecule has 1 heterocycles. The van der Waals surface area contributed by atoms with Gasteiger partial charge in [0.15, 0.2) is 5.54 Å². The van der Waals surface area contributed by atoms with Gasteiger partial charge in [0.1, 0.15) is 18.1 Å². The van der Waals surface area contributed by atoms with Crippen LogP contribution in [-0.2, 0) is 11.3 Å². The summed E-state index contributed by atoms with van der Waals surface area (Å²) in [6, 6.07) is 9.85. The van der Waals surface area contributed by atoms with Gasteiger partial charge in [0.05, 0.1) is 12.7 Å². The van der Waals surface area contributed by atoms with Gasteiger partial charge in [-0.2, -0.15) is 5.26 Å². The quantitative estimate of drug-likeness (QED) is 0.614. The van der Waals surface area contributed by atoms with E-state index < -0.39 is 30.7 Å². The van der Waals surface area contributed by atoms with Crippen LogP contribution in [0.5, 0.6) is 11.5 Å². The Hall–Kier alpha value is -3.23. The summed E-state index contributed by atoms with van der Waals surface area (Å²) in [6.07, 6.45) is -4.84. The monoisotopic (exact) mass is 462 g/mol. The highest BCUT2D eigenvalue weighted by atomic mass is 19.4. The van der Waals surface area contributed by atoms with E-state index in [1.807, 2.05) is 19.9 Å². The molecule has 0 bridgehead atoms. The second kappa shape index (κ2) is 9.33. The standard InChI is InChI=1S/C22H22BF3N2O5/c1-13(2)18-17(9-6-15-10-32-23(30)19(15)18)31-12-21(3,11-27)28-20(29)14-4-7-16(8-5-14)33-22(24,25)26/h4-9,13,30H,10,12H2,1-3H3,(H,28,29). The van der Waals surface area contributed by atoms with Gasteiger partial charge in [-0.25, -0.2) is 0 Å². The summed E-state index contributed by atoms with van der Waals surface area (Å²) in [5, 5.41) is 22.4. The number of fused-ring (bicyclic) bond motifs is 1. The van der Waals surface area contributed by atoms with Crippen molar-refractivity contribution >= 4 is 18.5 Å². The Labute approximate surface area is 189 Å². The second-order valence-corrected chi connectivity index (χ2v) is 8.13. The first-order chi connectivity index (χ1) is 15.4. The molecule has 1 aliphatic heterocycles. The van der Waals surface area contributed by atoms with Crippen LogP contribution in [0.4, 0.5) is 13.2 Å². The zero-order chi connectivity index (χ0) is 24.4. The van der Waals surface area contributed by atoms with E-state index in [0.717, 1.165) is 35.4 Å². The number of carbonyl (C=O) groups is 1. The number of rotatable bonds is 7. The van der Waals surface area contributed by atoms with Gasteiger partial charge in [-0.05, 0) is 59.8 Å². The summed E-state index contributed by atoms with van der Waals surface area (Å²) in [5.74, 6) is -0.679. The van der Waals surface area contributed by atoms with Crippen molar-refractivity contribution in [2.45, 2.75) is 45.2 Å². The van der Waals surface area contributed by atoms with Crippen LogP contribution >= 0.6 is 0 Å². The predicted molar refractivity (Wildman–Crippen MR) is 113 cm³/mol. The zero-order valence-electron chi connectivity index (χ0n) is 18.2. The van der Waals surface area contributed by atoms with Crippen molar-refractivity contribution < 1.29 is 37.1 Å². The van der Waals surface area contributed by atoms with E-state index in [1.54, 1.807) is 12.1 Å². The molecule has 0 radical (unpaired) electrons. The fraction of sp³-hybridized carbons (Fsp3) is 0.364. The molecule has 174 valence electrons. The molecule has 2 aromatic rings. The number of ether oxygens (including phenoxy) is 2. The molecule has 1 atom stereocenters. The lowest BCUT2D eigenvalue weighted by Gasteiger charge is -2.25. The van der Waals surface area contributed by atoms with Crippen molar-refractivity contribution in [1.82, 2.24) is 5.32 Å². The lowest BCUT2D eigenvalue weighted by Crippen LogP contribution is -2.49. The number of carbonyl (C=O) groups excluding carboxylic acids is 1. The third-order valence-electron chi connectivity index (χ3n) is 5.06. The van der Waals surface area contributed by atoms with Crippen LogP contribution in [0.2, 0.25) is 0 Å².